The number of carboxylic acid groups (broad SMARTS) is 1. The van der Waals surface area contributed by atoms with Gasteiger partial charge in [0, 0.05) is 6.54 Å². The Morgan fingerprint density at radius 1 is 1.08 bits per heavy atom. The van der Waals surface area contributed by atoms with E-state index in [-0.39, 0.29) is 37.2 Å². The number of guanidine groups is 1. The van der Waals surface area contributed by atoms with E-state index in [2.05, 4.69) is 31.8 Å². The highest BCUT2D eigenvalue weighted by Gasteiger charge is 2.29. The number of para-hydroxylation sites is 1. The Morgan fingerprint density at radius 2 is 1.68 bits per heavy atom. The van der Waals surface area contributed by atoms with Gasteiger partial charge in [-0.15, -0.1) is 0 Å². The predicted octanol–water partition coefficient (Wildman–Crippen LogP) is -1.17. The summed E-state index contributed by atoms with van der Waals surface area (Å²) >= 11 is 0. The van der Waals surface area contributed by atoms with Crippen molar-refractivity contribution < 1.29 is 34.5 Å². The molecule has 0 heterocycles. The lowest BCUT2D eigenvalue weighted by Crippen LogP contribution is -2.57. The molecular formula is C22H38N9O7+. The molecule has 0 saturated carbocycles. The molecule has 1 rings (SSSR count). The number of likely N-dealkylation sites (N-methyl/N-ethyl adjacent to an activating group) is 1. The summed E-state index contributed by atoms with van der Waals surface area (Å²) in [5.74, 6) is -1.90. The van der Waals surface area contributed by atoms with Crippen LogP contribution in [0.25, 0.3) is 0 Å². The summed E-state index contributed by atoms with van der Waals surface area (Å²) in [5, 5.41) is 23.1. The number of hydrogen-bond acceptors (Lipinski definition) is 8. The number of rotatable bonds is 14. The second-order valence-electron chi connectivity index (χ2n) is 8.18. The number of nitrogens with two attached hydrogens (primary N) is 1. The molecule has 212 valence electrons. The number of nitrogens with zero attached hydrogens (tertiary/aromatic N) is 2. The summed E-state index contributed by atoms with van der Waals surface area (Å²) in [7, 11) is 1.63. The second kappa shape index (κ2) is 18.8. The van der Waals surface area contributed by atoms with Gasteiger partial charge in [0.15, 0.2) is 0 Å². The van der Waals surface area contributed by atoms with Crippen molar-refractivity contribution in [1.29, 1.82) is 0 Å². The van der Waals surface area contributed by atoms with Crippen molar-refractivity contribution in [3.63, 3.8) is 0 Å². The van der Waals surface area contributed by atoms with Gasteiger partial charge in [0.05, 0.1) is 11.7 Å². The number of nitrogens with one attached hydrogen (secondary N) is 6. The van der Waals surface area contributed by atoms with Crippen molar-refractivity contribution in [2.24, 2.45) is 16.6 Å². The maximum atomic E-state index is 13.0. The smallest absolute Gasteiger partial charge is 0.362 e. The molecule has 0 unspecified atom stereocenters. The van der Waals surface area contributed by atoms with Crippen LogP contribution in [0.2, 0.25) is 0 Å². The predicted molar refractivity (Wildman–Crippen MR) is 138 cm³/mol. The number of carbonyl (C=O) groups excluding carboxylic acids is 3. The standard InChI is InChI=1S/C21H35N9O5.CH2O2/c1-13(2)17(26-18(31)14(3)23-4)20(33)25-16(11-8-12-24-21(22)29-30(34)35)19(32)28-27-15-9-6-5-7-10-15;2-1-3/h5-7,9-10,13-14,16-17,23,27H,8,11-12H2,1-4H3,(H6-,22,24,25,26,28,29,31,32,33,34,35);1H,(H,2,3)/p+1/t14-,16-,17-;/m0./s1. The lowest BCUT2D eigenvalue weighted by atomic mass is 10.0. The maximum Gasteiger partial charge on any atom is 0.362 e. The minimum absolute atomic E-state index is 0.114. The number of benzene rings is 1. The number of amides is 3. The summed E-state index contributed by atoms with van der Waals surface area (Å²) in [6, 6.07) is 6.61. The van der Waals surface area contributed by atoms with Crippen LogP contribution in [-0.2, 0) is 19.2 Å². The number of anilines is 1. The molecule has 0 bridgehead atoms. The van der Waals surface area contributed by atoms with Crippen LogP contribution >= 0.6 is 0 Å². The van der Waals surface area contributed by atoms with Crippen LogP contribution in [0.1, 0.15) is 33.6 Å². The van der Waals surface area contributed by atoms with E-state index in [4.69, 9.17) is 20.8 Å². The molecule has 0 aromatic heterocycles. The highest BCUT2D eigenvalue weighted by Crippen LogP contribution is 2.07. The Morgan fingerprint density at radius 3 is 2.21 bits per heavy atom. The van der Waals surface area contributed by atoms with Crippen LogP contribution in [0.5, 0.6) is 0 Å². The van der Waals surface area contributed by atoms with Crippen LogP contribution < -0.4 is 38.0 Å². The van der Waals surface area contributed by atoms with Crippen LogP contribution in [0.15, 0.2) is 35.3 Å². The Balaban J connectivity index is 0.00000434. The lowest BCUT2D eigenvalue weighted by molar-refractivity contribution is -0.822. The van der Waals surface area contributed by atoms with E-state index >= 15 is 0 Å². The van der Waals surface area contributed by atoms with Gasteiger partial charge < -0.3 is 26.8 Å². The Labute approximate surface area is 220 Å². The third-order valence-corrected chi connectivity index (χ3v) is 4.95. The second-order valence-corrected chi connectivity index (χ2v) is 8.18. The highest BCUT2D eigenvalue weighted by molar-refractivity contribution is 5.93. The van der Waals surface area contributed by atoms with E-state index in [9.17, 15) is 19.3 Å². The highest BCUT2D eigenvalue weighted by atomic mass is 16.7. The Bertz CT molecular complexity index is 929. The first kappa shape index (κ1) is 33.5. The van der Waals surface area contributed by atoms with Gasteiger partial charge in [-0.1, -0.05) is 32.0 Å². The van der Waals surface area contributed by atoms with Crippen molar-refractivity contribution in [1.82, 2.24) is 26.8 Å². The molecular weight excluding hydrogens is 502 g/mol. The molecule has 38 heavy (non-hydrogen) atoms. The minimum atomic E-state index is -0.961. The van der Waals surface area contributed by atoms with Gasteiger partial charge in [-0.25, -0.2) is 10.2 Å². The fraction of sp³-hybridized carbons (Fsp3) is 0.500. The van der Waals surface area contributed by atoms with Gasteiger partial charge in [0.25, 0.3) is 18.3 Å². The molecule has 3 amide bonds. The van der Waals surface area contributed by atoms with Gasteiger partial charge in [-0.3, -0.25) is 30.0 Å². The van der Waals surface area contributed by atoms with Crippen LogP contribution in [0.4, 0.5) is 5.69 Å². The SMILES string of the molecule is CN[C@@H](C)C(=O)N[C@H](C(=O)N[C@@H](CCCN=C(N)N[N+](=O)O)C(=O)NNc1ccccc1)C(C)C.O=CO. The zero-order valence-electron chi connectivity index (χ0n) is 21.8. The fourth-order valence-corrected chi connectivity index (χ4v) is 2.85. The van der Waals surface area contributed by atoms with Crippen molar-refractivity contribution in [2.45, 2.75) is 51.7 Å². The lowest BCUT2D eigenvalue weighted by Gasteiger charge is -2.26. The van der Waals surface area contributed by atoms with Gasteiger partial charge >= 0.3 is 5.03 Å². The largest absolute Gasteiger partial charge is 0.483 e. The zero-order chi connectivity index (χ0) is 29.1. The molecule has 0 fully saturated rings. The van der Waals surface area contributed by atoms with Gasteiger partial charge in [-0.05, 0) is 50.3 Å². The molecule has 16 nitrogen and oxygen atoms in total. The van der Waals surface area contributed by atoms with E-state index < -0.39 is 35.0 Å². The van der Waals surface area contributed by atoms with Crippen molar-refractivity contribution in [2.75, 3.05) is 19.0 Å². The quantitative estimate of drug-likeness (QED) is 0.0448. The fourth-order valence-electron chi connectivity index (χ4n) is 2.85. The molecule has 0 spiro atoms. The van der Waals surface area contributed by atoms with Crippen LogP contribution in [-0.4, -0.2) is 77.2 Å². The molecule has 0 aliphatic rings. The summed E-state index contributed by atoms with van der Waals surface area (Å²) < 4.78 is 0. The first-order valence-corrected chi connectivity index (χ1v) is 11.7. The normalized spacial score (nSPS) is 13.0. The number of carbonyl (C=O) groups is 4. The van der Waals surface area contributed by atoms with E-state index in [0.717, 1.165) is 0 Å². The molecule has 1 aromatic rings. The molecule has 1 aromatic carbocycles. The number of hydrogen-bond donors (Lipinski definition) is 9. The van der Waals surface area contributed by atoms with Crippen molar-refractivity contribution in [3.05, 3.63) is 35.2 Å². The average molecular weight is 541 g/mol. The number of hydrazine groups is 2. The summed E-state index contributed by atoms with van der Waals surface area (Å²) in [5.41, 5.74) is 13.3. The van der Waals surface area contributed by atoms with Crippen LogP contribution in [0.3, 0.4) is 0 Å². The molecule has 0 aliphatic carbocycles. The third-order valence-electron chi connectivity index (χ3n) is 4.95. The van der Waals surface area contributed by atoms with Gasteiger partial charge in [0.1, 0.15) is 17.0 Å². The van der Waals surface area contributed by atoms with E-state index in [1.165, 1.54) is 0 Å². The van der Waals surface area contributed by atoms with Gasteiger partial charge in [0.2, 0.25) is 11.8 Å². The van der Waals surface area contributed by atoms with E-state index in [1.54, 1.807) is 52.1 Å². The maximum absolute atomic E-state index is 13.0. The molecule has 0 radical (unpaired) electrons. The summed E-state index contributed by atoms with van der Waals surface area (Å²) in [4.78, 5) is 60.9. The summed E-state index contributed by atoms with van der Waals surface area (Å²) in [6.07, 6.45) is 0.489. The monoisotopic (exact) mass is 540 g/mol. The van der Waals surface area contributed by atoms with Crippen molar-refractivity contribution >= 4 is 35.8 Å². The summed E-state index contributed by atoms with van der Waals surface area (Å²) in [6.45, 7) is 5.10. The average Bonchev–Trinajstić information content (AvgIpc) is 2.87. The minimum Gasteiger partial charge on any atom is -0.483 e. The molecule has 0 aliphatic heterocycles. The number of aliphatic imine (C=N–C) groups is 1. The zero-order valence-corrected chi connectivity index (χ0v) is 21.8. The Hall–Kier alpha value is -4.47. The van der Waals surface area contributed by atoms with E-state index in [1.807, 2.05) is 11.5 Å². The van der Waals surface area contributed by atoms with Crippen LogP contribution in [0, 0.1) is 10.8 Å². The molecule has 3 atom stereocenters. The topological polar surface area (TPSA) is 239 Å². The van der Waals surface area contributed by atoms with Crippen molar-refractivity contribution in [3.8, 4) is 0 Å². The first-order chi connectivity index (χ1) is 18.0. The third kappa shape index (κ3) is 14.2. The van der Waals surface area contributed by atoms with Gasteiger partial charge in [-0.2, -0.15) is 0 Å². The first-order valence-electron chi connectivity index (χ1n) is 11.7. The molecule has 16 heteroatoms. The molecule has 10 N–H and O–H groups in total. The molecule has 0 saturated heterocycles. The Kier molecular flexibility index (Phi) is 16.5. The van der Waals surface area contributed by atoms with E-state index in [0.29, 0.717) is 12.1 Å².